The van der Waals surface area contributed by atoms with Crippen LogP contribution in [0.2, 0.25) is 0 Å². The Balaban J connectivity index is 1.78. The first-order valence-electron chi connectivity index (χ1n) is 7.13. The smallest absolute Gasteiger partial charge is 0.339 e. The zero-order valence-electron chi connectivity index (χ0n) is 12.4. The molecule has 0 saturated carbocycles. The zero-order chi connectivity index (χ0) is 15.7. The van der Waals surface area contributed by atoms with E-state index >= 15 is 0 Å². The summed E-state index contributed by atoms with van der Waals surface area (Å²) in [6, 6.07) is 7.21. The lowest BCUT2D eigenvalue weighted by molar-refractivity contribution is -0.125. The van der Waals surface area contributed by atoms with Gasteiger partial charge in [0.15, 0.2) is 11.9 Å². The van der Waals surface area contributed by atoms with Crippen LogP contribution in [-0.2, 0) is 22.4 Å². The molecule has 0 spiro atoms. The van der Waals surface area contributed by atoms with Gasteiger partial charge in [-0.25, -0.2) is 4.79 Å². The standard InChI is InChI=1S/C16H16N2O4/c1-3-10-4-5-12-11(7-10)8-13(21-16(12)20)15(19)17-14-6-9(2)22-18-14/h4-7,13H,3,8H2,1-2H3,(H,17,18,19). The van der Waals surface area contributed by atoms with Gasteiger partial charge in [0.1, 0.15) is 5.76 Å². The summed E-state index contributed by atoms with van der Waals surface area (Å²) < 4.78 is 10.1. The van der Waals surface area contributed by atoms with Crippen LogP contribution in [0.15, 0.2) is 28.8 Å². The Kier molecular flexibility index (Phi) is 3.66. The van der Waals surface area contributed by atoms with Crippen molar-refractivity contribution in [2.24, 2.45) is 0 Å². The number of fused-ring (bicyclic) bond motifs is 1. The number of amides is 1. The highest BCUT2D eigenvalue weighted by Gasteiger charge is 2.31. The second kappa shape index (κ2) is 5.63. The average Bonchev–Trinajstić information content (AvgIpc) is 2.91. The Bertz CT molecular complexity index is 735. The minimum absolute atomic E-state index is 0.312. The Labute approximate surface area is 127 Å². The first-order valence-corrected chi connectivity index (χ1v) is 7.13. The molecule has 0 radical (unpaired) electrons. The van der Waals surface area contributed by atoms with Crippen LogP contribution < -0.4 is 5.32 Å². The molecule has 1 atom stereocenters. The fraction of sp³-hybridized carbons (Fsp3) is 0.312. The van der Waals surface area contributed by atoms with E-state index < -0.39 is 18.0 Å². The Morgan fingerprint density at radius 2 is 2.23 bits per heavy atom. The van der Waals surface area contributed by atoms with Crippen molar-refractivity contribution in [3.8, 4) is 0 Å². The van der Waals surface area contributed by atoms with Gasteiger partial charge in [0.05, 0.1) is 5.56 Å². The molecule has 6 heteroatoms. The van der Waals surface area contributed by atoms with E-state index in [4.69, 9.17) is 9.26 Å². The van der Waals surface area contributed by atoms with Gasteiger partial charge in [0, 0.05) is 12.5 Å². The van der Waals surface area contributed by atoms with Gasteiger partial charge in [0.2, 0.25) is 0 Å². The highest BCUT2D eigenvalue weighted by atomic mass is 16.5. The molecular formula is C16H16N2O4. The van der Waals surface area contributed by atoms with Gasteiger partial charge in [-0.1, -0.05) is 24.2 Å². The lowest BCUT2D eigenvalue weighted by Gasteiger charge is -2.24. The van der Waals surface area contributed by atoms with E-state index in [2.05, 4.69) is 10.5 Å². The van der Waals surface area contributed by atoms with Crippen molar-refractivity contribution < 1.29 is 18.8 Å². The summed E-state index contributed by atoms with van der Waals surface area (Å²) in [7, 11) is 0. The van der Waals surface area contributed by atoms with E-state index in [1.54, 1.807) is 19.1 Å². The van der Waals surface area contributed by atoms with Crippen molar-refractivity contribution in [1.82, 2.24) is 5.16 Å². The molecule has 1 aliphatic heterocycles. The van der Waals surface area contributed by atoms with Crippen LogP contribution in [0.4, 0.5) is 5.82 Å². The van der Waals surface area contributed by atoms with Crippen molar-refractivity contribution in [3.05, 3.63) is 46.7 Å². The van der Waals surface area contributed by atoms with E-state index in [0.29, 0.717) is 23.6 Å². The molecule has 1 N–H and O–H groups in total. The number of benzene rings is 1. The third-order valence-electron chi connectivity index (χ3n) is 3.62. The summed E-state index contributed by atoms with van der Waals surface area (Å²) in [6.07, 6.45) is 0.374. The van der Waals surface area contributed by atoms with Crippen LogP contribution in [0.25, 0.3) is 0 Å². The average molecular weight is 300 g/mol. The lowest BCUT2D eigenvalue weighted by Crippen LogP contribution is -2.38. The van der Waals surface area contributed by atoms with E-state index in [1.165, 1.54) is 0 Å². The topological polar surface area (TPSA) is 81.4 Å². The zero-order valence-corrected chi connectivity index (χ0v) is 12.4. The van der Waals surface area contributed by atoms with Gasteiger partial charge >= 0.3 is 5.97 Å². The molecule has 22 heavy (non-hydrogen) atoms. The number of carbonyl (C=O) groups excluding carboxylic acids is 2. The predicted molar refractivity (Wildman–Crippen MR) is 78.6 cm³/mol. The highest BCUT2D eigenvalue weighted by molar-refractivity contribution is 5.99. The summed E-state index contributed by atoms with van der Waals surface area (Å²) in [5.74, 6) is 0.0233. The number of carbonyl (C=O) groups is 2. The first kappa shape index (κ1) is 14.3. The number of nitrogens with zero attached hydrogens (tertiary/aromatic N) is 1. The number of hydrogen-bond acceptors (Lipinski definition) is 5. The van der Waals surface area contributed by atoms with E-state index in [9.17, 15) is 9.59 Å². The molecule has 3 rings (SSSR count). The maximum absolute atomic E-state index is 12.2. The molecule has 6 nitrogen and oxygen atoms in total. The highest BCUT2D eigenvalue weighted by Crippen LogP contribution is 2.23. The first-order chi connectivity index (χ1) is 10.6. The minimum Gasteiger partial charge on any atom is -0.448 e. The third kappa shape index (κ3) is 2.72. The molecule has 0 saturated heterocycles. The van der Waals surface area contributed by atoms with Crippen LogP contribution in [0.3, 0.4) is 0 Å². The molecule has 0 bridgehead atoms. The monoisotopic (exact) mass is 300 g/mol. The second-order valence-corrected chi connectivity index (χ2v) is 5.26. The predicted octanol–water partition coefficient (Wildman–Crippen LogP) is 2.27. The van der Waals surface area contributed by atoms with Gasteiger partial charge < -0.3 is 14.6 Å². The summed E-state index contributed by atoms with van der Waals surface area (Å²) in [4.78, 5) is 24.2. The Morgan fingerprint density at radius 1 is 1.41 bits per heavy atom. The Hall–Kier alpha value is -2.63. The fourth-order valence-corrected chi connectivity index (χ4v) is 2.45. The van der Waals surface area contributed by atoms with E-state index in [-0.39, 0.29) is 0 Å². The van der Waals surface area contributed by atoms with Crippen LogP contribution in [0, 0.1) is 6.92 Å². The molecule has 1 unspecified atom stereocenters. The molecule has 1 amide bonds. The minimum atomic E-state index is -0.857. The molecule has 1 aromatic carbocycles. The van der Waals surface area contributed by atoms with Crippen LogP contribution in [0.1, 0.15) is 34.2 Å². The number of ether oxygens (including phenoxy) is 1. The van der Waals surface area contributed by atoms with Crippen molar-refractivity contribution in [3.63, 3.8) is 0 Å². The fourth-order valence-electron chi connectivity index (χ4n) is 2.45. The van der Waals surface area contributed by atoms with Crippen molar-refractivity contribution in [2.75, 3.05) is 5.32 Å². The third-order valence-corrected chi connectivity index (χ3v) is 3.62. The van der Waals surface area contributed by atoms with Crippen LogP contribution in [0.5, 0.6) is 0 Å². The SMILES string of the molecule is CCc1ccc2c(c1)CC(C(=O)Nc1cc(C)on1)OC2=O. The number of rotatable bonds is 3. The second-order valence-electron chi connectivity index (χ2n) is 5.26. The van der Waals surface area contributed by atoms with Crippen LogP contribution in [-0.4, -0.2) is 23.1 Å². The lowest BCUT2D eigenvalue weighted by atomic mass is 9.95. The summed E-state index contributed by atoms with van der Waals surface area (Å²) in [5.41, 5.74) is 2.49. The quantitative estimate of drug-likeness (QED) is 0.879. The summed E-state index contributed by atoms with van der Waals surface area (Å²) in [6.45, 7) is 3.77. The number of cyclic esters (lactones) is 1. The number of esters is 1. The molecule has 114 valence electrons. The maximum atomic E-state index is 12.2. The maximum Gasteiger partial charge on any atom is 0.339 e. The van der Waals surface area contributed by atoms with Gasteiger partial charge in [0.25, 0.3) is 5.91 Å². The summed E-state index contributed by atoms with van der Waals surface area (Å²) >= 11 is 0. The van der Waals surface area contributed by atoms with E-state index in [1.807, 2.05) is 19.1 Å². The van der Waals surface area contributed by atoms with Gasteiger partial charge in [-0.15, -0.1) is 0 Å². The largest absolute Gasteiger partial charge is 0.448 e. The Morgan fingerprint density at radius 3 is 2.91 bits per heavy atom. The van der Waals surface area contributed by atoms with Gasteiger partial charge in [-0.2, -0.15) is 0 Å². The normalized spacial score (nSPS) is 16.8. The number of nitrogens with one attached hydrogen (secondary N) is 1. The molecule has 2 aromatic rings. The molecule has 2 heterocycles. The molecule has 0 aliphatic carbocycles. The van der Waals surface area contributed by atoms with Crippen LogP contribution >= 0.6 is 0 Å². The number of aromatic nitrogens is 1. The molecule has 0 fully saturated rings. The van der Waals surface area contributed by atoms with E-state index in [0.717, 1.165) is 17.5 Å². The van der Waals surface area contributed by atoms with Gasteiger partial charge in [-0.05, 0) is 30.5 Å². The number of anilines is 1. The number of aryl methyl sites for hydroxylation is 2. The summed E-state index contributed by atoms with van der Waals surface area (Å²) in [5, 5.41) is 6.29. The van der Waals surface area contributed by atoms with Crippen molar-refractivity contribution in [1.29, 1.82) is 0 Å². The van der Waals surface area contributed by atoms with Crippen molar-refractivity contribution in [2.45, 2.75) is 32.8 Å². The molecule has 1 aromatic heterocycles. The van der Waals surface area contributed by atoms with Gasteiger partial charge in [-0.3, -0.25) is 4.79 Å². The van der Waals surface area contributed by atoms with Crippen molar-refractivity contribution >= 4 is 17.7 Å². The molecular weight excluding hydrogens is 284 g/mol. The number of hydrogen-bond donors (Lipinski definition) is 1. The molecule has 1 aliphatic rings.